The zero-order chi connectivity index (χ0) is 12.4. The maximum absolute atomic E-state index is 11.8. The van der Waals surface area contributed by atoms with Crippen molar-refractivity contribution in [3.8, 4) is 6.07 Å². The minimum absolute atomic E-state index is 0.116. The van der Waals surface area contributed by atoms with Crippen molar-refractivity contribution in [2.24, 2.45) is 7.05 Å². The smallest absolute Gasteiger partial charge is 0.254 e. The lowest BCUT2D eigenvalue weighted by Crippen LogP contribution is -2.28. The van der Waals surface area contributed by atoms with E-state index in [-0.39, 0.29) is 12.0 Å². The van der Waals surface area contributed by atoms with Crippen LogP contribution < -0.4 is 5.32 Å². The van der Waals surface area contributed by atoms with Crippen LogP contribution in [-0.2, 0) is 16.6 Å². The van der Waals surface area contributed by atoms with Gasteiger partial charge in [-0.3, -0.25) is 9.48 Å². The van der Waals surface area contributed by atoms with Crippen LogP contribution in [0.4, 0.5) is 5.82 Å². The summed E-state index contributed by atoms with van der Waals surface area (Å²) in [5.74, 6) is 0.0627. The second kappa shape index (κ2) is 4.55. The summed E-state index contributed by atoms with van der Waals surface area (Å²) in [5.41, 5.74) is 0.354. The Morgan fingerprint density at radius 3 is 3.06 bits per heavy atom. The predicted octanol–water partition coefficient (Wildman–Crippen LogP) is 0.798. The lowest BCUT2D eigenvalue weighted by molar-refractivity contribution is -0.126. The molecule has 6 nitrogen and oxygen atoms in total. The van der Waals surface area contributed by atoms with Gasteiger partial charge >= 0.3 is 0 Å². The van der Waals surface area contributed by atoms with Crippen molar-refractivity contribution in [1.29, 1.82) is 5.26 Å². The first-order chi connectivity index (χ1) is 8.10. The Balaban J connectivity index is 2.05. The van der Waals surface area contributed by atoms with Gasteiger partial charge in [0.15, 0.2) is 5.82 Å². The molecule has 0 spiro atoms. The van der Waals surface area contributed by atoms with Crippen LogP contribution in [-0.4, -0.2) is 27.9 Å². The Bertz CT molecular complexity index is 474. The summed E-state index contributed by atoms with van der Waals surface area (Å²) in [6, 6.07) is 1.98. The molecule has 2 rings (SSSR count). The molecule has 2 atom stereocenters. The van der Waals surface area contributed by atoms with Crippen LogP contribution in [0.3, 0.4) is 0 Å². The number of hydrogen-bond acceptors (Lipinski definition) is 4. The molecule has 1 amide bonds. The molecule has 0 bridgehead atoms. The molecular weight excluding hydrogens is 220 g/mol. The number of carbonyl (C=O) groups excluding carboxylic acids is 1. The first-order valence-corrected chi connectivity index (χ1v) is 5.50. The average Bonchev–Trinajstić information content (AvgIpc) is 2.85. The van der Waals surface area contributed by atoms with E-state index in [2.05, 4.69) is 10.4 Å². The van der Waals surface area contributed by atoms with Gasteiger partial charge in [-0.1, -0.05) is 0 Å². The number of nitriles is 1. The van der Waals surface area contributed by atoms with Crippen molar-refractivity contribution in [1.82, 2.24) is 9.78 Å². The number of aryl methyl sites for hydroxylation is 1. The van der Waals surface area contributed by atoms with Crippen molar-refractivity contribution in [3.63, 3.8) is 0 Å². The summed E-state index contributed by atoms with van der Waals surface area (Å²) in [7, 11) is 1.70. The van der Waals surface area contributed by atoms with Gasteiger partial charge in [0, 0.05) is 13.2 Å². The van der Waals surface area contributed by atoms with Gasteiger partial charge in [0.1, 0.15) is 17.7 Å². The van der Waals surface area contributed by atoms with Crippen LogP contribution in [0.1, 0.15) is 25.3 Å². The molecule has 1 fully saturated rings. The molecule has 17 heavy (non-hydrogen) atoms. The number of ether oxygens (including phenoxy) is 1. The van der Waals surface area contributed by atoms with Crippen LogP contribution >= 0.6 is 0 Å². The number of rotatable bonds is 2. The topological polar surface area (TPSA) is 79.9 Å². The monoisotopic (exact) mass is 234 g/mol. The molecule has 6 heteroatoms. The summed E-state index contributed by atoms with van der Waals surface area (Å²) >= 11 is 0. The van der Waals surface area contributed by atoms with E-state index in [1.165, 1.54) is 4.68 Å². The normalized spacial score (nSPS) is 23.4. The fraction of sp³-hybridized carbons (Fsp3) is 0.545. The Hall–Kier alpha value is -1.87. The molecule has 2 heterocycles. The van der Waals surface area contributed by atoms with Gasteiger partial charge in [0.25, 0.3) is 5.91 Å². The summed E-state index contributed by atoms with van der Waals surface area (Å²) in [6.07, 6.45) is 2.84. The third-order valence-corrected chi connectivity index (χ3v) is 2.72. The summed E-state index contributed by atoms with van der Waals surface area (Å²) in [4.78, 5) is 11.8. The zero-order valence-electron chi connectivity index (χ0n) is 9.80. The van der Waals surface area contributed by atoms with E-state index < -0.39 is 6.10 Å². The van der Waals surface area contributed by atoms with Crippen molar-refractivity contribution in [2.75, 3.05) is 5.32 Å². The number of amides is 1. The Labute approximate surface area is 99.2 Å². The first-order valence-electron chi connectivity index (χ1n) is 5.50. The highest BCUT2D eigenvalue weighted by Crippen LogP contribution is 2.21. The molecule has 1 aromatic rings. The molecule has 1 aliphatic heterocycles. The summed E-state index contributed by atoms with van der Waals surface area (Å²) < 4.78 is 6.94. The van der Waals surface area contributed by atoms with Gasteiger partial charge in [-0.05, 0) is 19.8 Å². The van der Waals surface area contributed by atoms with E-state index in [4.69, 9.17) is 10.00 Å². The predicted molar refractivity (Wildman–Crippen MR) is 60.1 cm³/mol. The largest absolute Gasteiger partial charge is 0.365 e. The van der Waals surface area contributed by atoms with Crippen LogP contribution in [0.2, 0.25) is 0 Å². The Morgan fingerprint density at radius 1 is 1.71 bits per heavy atom. The van der Waals surface area contributed by atoms with Gasteiger partial charge < -0.3 is 10.1 Å². The zero-order valence-corrected chi connectivity index (χ0v) is 9.80. The Kier molecular flexibility index (Phi) is 3.11. The molecule has 0 aliphatic carbocycles. The number of hydrogen-bond donors (Lipinski definition) is 1. The third kappa shape index (κ3) is 2.45. The minimum atomic E-state index is -0.432. The lowest BCUT2D eigenvalue weighted by atomic mass is 10.2. The second-order valence-corrected chi connectivity index (χ2v) is 4.18. The van der Waals surface area contributed by atoms with Crippen molar-refractivity contribution in [2.45, 2.75) is 32.0 Å². The summed E-state index contributed by atoms with van der Waals surface area (Å²) in [5, 5.41) is 15.5. The molecule has 2 unspecified atom stereocenters. The number of anilines is 1. The first kappa shape index (κ1) is 11.6. The molecule has 1 aromatic heterocycles. The third-order valence-electron chi connectivity index (χ3n) is 2.72. The maximum atomic E-state index is 11.8. The minimum Gasteiger partial charge on any atom is -0.365 e. The van der Waals surface area contributed by atoms with E-state index in [0.717, 1.165) is 6.42 Å². The molecule has 0 radical (unpaired) electrons. The molecule has 1 aliphatic rings. The van der Waals surface area contributed by atoms with Gasteiger partial charge in [-0.2, -0.15) is 10.4 Å². The number of nitrogens with zero attached hydrogens (tertiary/aromatic N) is 3. The quantitative estimate of drug-likeness (QED) is 0.820. The van der Waals surface area contributed by atoms with Crippen molar-refractivity contribution in [3.05, 3.63) is 11.8 Å². The highest BCUT2D eigenvalue weighted by Gasteiger charge is 2.29. The van der Waals surface area contributed by atoms with E-state index in [9.17, 15) is 4.79 Å². The van der Waals surface area contributed by atoms with Crippen LogP contribution in [0.5, 0.6) is 0 Å². The molecule has 0 aromatic carbocycles. The standard InChI is InChI=1S/C11H14N4O2/c1-7-3-4-9(17-7)11(16)13-10-8(5-12)6-15(2)14-10/h6-7,9H,3-4H2,1-2H3,(H,13,14,16). The van der Waals surface area contributed by atoms with E-state index >= 15 is 0 Å². The van der Waals surface area contributed by atoms with Crippen molar-refractivity contribution < 1.29 is 9.53 Å². The van der Waals surface area contributed by atoms with Gasteiger partial charge in [-0.25, -0.2) is 0 Å². The Morgan fingerprint density at radius 2 is 2.47 bits per heavy atom. The number of aromatic nitrogens is 2. The molecule has 1 saturated heterocycles. The number of nitrogens with one attached hydrogen (secondary N) is 1. The maximum Gasteiger partial charge on any atom is 0.254 e. The highest BCUT2D eigenvalue weighted by atomic mass is 16.5. The lowest BCUT2D eigenvalue weighted by Gasteiger charge is -2.10. The van der Waals surface area contributed by atoms with E-state index in [0.29, 0.717) is 17.8 Å². The SMILES string of the molecule is CC1CCC(C(=O)Nc2nn(C)cc2C#N)O1. The molecular formula is C11H14N4O2. The fourth-order valence-corrected chi connectivity index (χ4v) is 1.86. The molecule has 1 N–H and O–H groups in total. The van der Waals surface area contributed by atoms with E-state index in [1.54, 1.807) is 13.2 Å². The van der Waals surface area contributed by atoms with Crippen molar-refractivity contribution >= 4 is 11.7 Å². The van der Waals surface area contributed by atoms with Crippen LogP contribution in [0.15, 0.2) is 6.20 Å². The van der Waals surface area contributed by atoms with E-state index in [1.807, 2.05) is 13.0 Å². The summed E-state index contributed by atoms with van der Waals surface area (Å²) in [6.45, 7) is 1.94. The molecule has 0 saturated carbocycles. The van der Waals surface area contributed by atoms with Gasteiger partial charge in [0.2, 0.25) is 0 Å². The number of carbonyl (C=O) groups is 1. The van der Waals surface area contributed by atoms with Gasteiger partial charge in [-0.15, -0.1) is 0 Å². The second-order valence-electron chi connectivity index (χ2n) is 4.18. The average molecular weight is 234 g/mol. The molecule has 90 valence electrons. The fourth-order valence-electron chi connectivity index (χ4n) is 1.86. The highest BCUT2D eigenvalue weighted by molar-refractivity contribution is 5.94. The van der Waals surface area contributed by atoms with Crippen LogP contribution in [0, 0.1) is 11.3 Å². The van der Waals surface area contributed by atoms with Crippen LogP contribution in [0.25, 0.3) is 0 Å². The van der Waals surface area contributed by atoms with Gasteiger partial charge in [0.05, 0.1) is 6.10 Å².